The number of aliphatic imine (C=N–C) groups is 1. The number of aromatic amines is 1. The van der Waals surface area contributed by atoms with Gasteiger partial charge in [-0.1, -0.05) is 24.8 Å². The van der Waals surface area contributed by atoms with Crippen LogP contribution in [0.3, 0.4) is 0 Å². The van der Waals surface area contributed by atoms with E-state index in [0.29, 0.717) is 29.2 Å². The van der Waals surface area contributed by atoms with Crippen LogP contribution in [0.25, 0.3) is 10.2 Å². The minimum atomic E-state index is -0.0285. The monoisotopic (exact) mass is 348 g/mol. The van der Waals surface area contributed by atoms with Gasteiger partial charge in [0.15, 0.2) is 5.17 Å². The van der Waals surface area contributed by atoms with Gasteiger partial charge in [0.25, 0.3) is 5.56 Å². The molecule has 5 nitrogen and oxygen atoms in total. The molecule has 1 aliphatic carbocycles. The maximum absolute atomic E-state index is 12.5. The summed E-state index contributed by atoms with van der Waals surface area (Å²) in [5.41, 5.74) is 6.98. The van der Waals surface area contributed by atoms with Gasteiger partial charge in [0.1, 0.15) is 10.7 Å². The number of thiophene rings is 1. The first-order valence-corrected chi connectivity index (χ1v) is 9.45. The Balaban J connectivity index is 1.87. The molecule has 0 amide bonds. The highest BCUT2D eigenvalue weighted by atomic mass is 32.2. The second-order valence-corrected chi connectivity index (χ2v) is 7.88. The zero-order valence-corrected chi connectivity index (χ0v) is 14.7. The second kappa shape index (κ2) is 6.88. The lowest BCUT2D eigenvalue weighted by Crippen LogP contribution is -2.15. The van der Waals surface area contributed by atoms with Crippen LogP contribution in [0.5, 0.6) is 0 Å². The van der Waals surface area contributed by atoms with Crippen LogP contribution in [-0.2, 0) is 18.6 Å². The molecule has 0 unspecified atom stereocenters. The van der Waals surface area contributed by atoms with Crippen molar-refractivity contribution >= 4 is 38.5 Å². The van der Waals surface area contributed by atoms with Crippen LogP contribution in [0.15, 0.2) is 22.4 Å². The molecule has 2 aromatic heterocycles. The minimum Gasteiger partial charge on any atom is -0.379 e. The van der Waals surface area contributed by atoms with Gasteiger partial charge in [-0.15, -0.1) is 17.9 Å². The van der Waals surface area contributed by atoms with E-state index in [1.54, 1.807) is 17.4 Å². The average Bonchev–Trinajstić information content (AvgIpc) is 2.88. The number of nitrogens with two attached hydrogens (primary N) is 1. The molecule has 0 bridgehead atoms. The van der Waals surface area contributed by atoms with Crippen molar-refractivity contribution in [2.75, 3.05) is 6.54 Å². The van der Waals surface area contributed by atoms with Crippen molar-refractivity contribution in [3.8, 4) is 0 Å². The number of amidine groups is 1. The van der Waals surface area contributed by atoms with Crippen molar-refractivity contribution in [2.45, 2.75) is 31.9 Å². The average molecular weight is 348 g/mol. The molecular weight excluding hydrogens is 328 g/mol. The molecule has 1 aliphatic rings. The third kappa shape index (κ3) is 3.50. The van der Waals surface area contributed by atoms with E-state index in [2.05, 4.69) is 28.5 Å². The Kier molecular flexibility index (Phi) is 4.87. The number of H-pyrrole nitrogens is 1. The van der Waals surface area contributed by atoms with Crippen molar-refractivity contribution in [2.24, 2.45) is 16.6 Å². The van der Waals surface area contributed by atoms with Crippen molar-refractivity contribution < 1.29 is 0 Å². The van der Waals surface area contributed by atoms with E-state index in [4.69, 9.17) is 5.73 Å². The quantitative estimate of drug-likeness (QED) is 0.505. The number of thioether (sulfide) groups is 1. The van der Waals surface area contributed by atoms with Crippen LogP contribution in [0.1, 0.15) is 29.6 Å². The summed E-state index contributed by atoms with van der Waals surface area (Å²) < 4.78 is 0. The Hall–Kier alpha value is -1.60. The largest absolute Gasteiger partial charge is 0.379 e. The van der Waals surface area contributed by atoms with E-state index in [0.717, 1.165) is 29.5 Å². The number of aromatic nitrogens is 2. The predicted molar refractivity (Wildman–Crippen MR) is 99.4 cm³/mol. The van der Waals surface area contributed by atoms with E-state index in [9.17, 15) is 4.79 Å². The van der Waals surface area contributed by atoms with Crippen molar-refractivity contribution in [3.05, 3.63) is 39.3 Å². The first-order valence-electron chi connectivity index (χ1n) is 7.65. The summed E-state index contributed by atoms with van der Waals surface area (Å²) >= 11 is 3.04. The molecule has 0 spiro atoms. The van der Waals surface area contributed by atoms with Crippen molar-refractivity contribution in [1.82, 2.24) is 9.97 Å². The number of fused-ring (bicyclic) bond motifs is 3. The van der Waals surface area contributed by atoms with Gasteiger partial charge in [-0.2, -0.15) is 0 Å². The molecule has 0 saturated heterocycles. The lowest BCUT2D eigenvalue weighted by Gasteiger charge is -2.17. The van der Waals surface area contributed by atoms with E-state index >= 15 is 0 Å². The molecule has 0 aliphatic heterocycles. The summed E-state index contributed by atoms with van der Waals surface area (Å²) in [4.78, 5) is 26.3. The van der Waals surface area contributed by atoms with E-state index in [-0.39, 0.29) is 5.56 Å². The molecule has 3 N–H and O–H groups in total. The summed E-state index contributed by atoms with van der Waals surface area (Å²) in [6.07, 6.45) is 4.88. The fraction of sp³-hybridized carbons (Fsp3) is 0.438. The summed E-state index contributed by atoms with van der Waals surface area (Å²) in [5.74, 6) is 1.85. The van der Waals surface area contributed by atoms with Gasteiger partial charge in [-0.25, -0.2) is 4.98 Å². The smallest absolute Gasteiger partial charge is 0.259 e. The first-order chi connectivity index (χ1) is 11.1. The maximum atomic E-state index is 12.5. The van der Waals surface area contributed by atoms with Crippen LogP contribution in [0.2, 0.25) is 0 Å². The standard InChI is InChI=1S/C16H20N4OS2/c1-3-6-18-16(17)22-8-12-19-14(21)13-10-5-4-9(2)7-11(10)23-15(13)20-12/h3,9H,1,4-8H2,2H3,(H2,17,18)(H,19,20,21)/t9-/m1/s1. The Labute approximate surface area is 143 Å². The third-order valence-corrected chi connectivity index (χ3v) is 5.94. The molecule has 0 aromatic carbocycles. The SMILES string of the molecule is C=CCN=C(N)SCc1nc2sc3c(c2c(=O)[nH]1)CC[C@@H](C)C3. The Bertz CT molecular complexity index is 821. The van der Waals surface area contributed by atoms with Crippen LogP contribution < -0.4 is 11.3 Å². The Morgan fingerprint density at radius 3 is 3.26 bits per heavy atom. The van der Waals surface area contributed by atoms with E-state index in [1.165, 1.54) is 22.2 Å². The van der Waals surface area contributed by atoms with Crippen molar-refractivity contribution in [1.29, 1.82) is 0 Å². The summed E-state index contributed by atoms with van der Waals surface area (Å²) in [6.45, 7) is 6.36. The highest BCUT2D eigenvalue weighted by molar-refractivity contribution is 8.13. The molecule has 7 heteroatoms. The highest BCUT2D eigenvalue weighted by Crippen LogP contribution is 2.35. The van der Waals surface area contributed by atoms with Gasteiger partial charge in [-0.05, 0) is 30.7 Å². The number of aryl methyl sites for hydroxylation is 1. The van der Waals surface area contributed by atoms with Gasteiger partial charge < -0.3 is 10.7 Å². The molecule has 0 fully saturated rings. The van der Waals surface area contributed by atoms with Crippen molar-refractivity contribution in [3.63, 3.8) is 0 Å². The Morgan fingerprint density at radius 2 is 2.48 bits per heavy atom. The normalized spacial score (nSPS) is 18.1. The van der Waals surface area contributed by atoms with Gasteiger partial charge in [0, 0.05) is 4.88 Å². The Morgan fingerprint density at radius 1 is 1.65 bits per heavy atom. The molecular formula is C16H20N4OS2. The zero-order valence-electron chi connectivity index (χ0n) is 13.1. The molecule has 1 atom stereocenters. The molecule has 3 rings (SSSR count). The molecule has 2 heterocycles. The van der Waals surface area contributed by atoms with Gasteiger partial charge in [-0.3, -0.25) is 9.79 Å². The second-order valence-electron chi connectivity index (χ2n) is 5.80. The number of nitrogens with zero attached hydrogens (tertiary/aromatic N) is 2. The highest BCUT2D eigenvalue weighted by Gasteiger charge is 2.22. The zero-order chi connectivity index (χ0) is 16.4. The van der Waals surface area contributed by atoms with Crippen LogP contribution in [0, 0.1) is 5.92 Å². The lowest BCUT2D eigenvalue weighted by atomic mass is 9.89. The van der Waals surface area contributed by atoms with Gasteiger partial charge in [0.05, 0.1) is 17.7 Å². The molecule has 23 heavy (non-hydrogen) atoms. The number of nitrogens with one attached hydrogen (secondary N) is 1. The van der Waals surface area contributed by atoms with Crippen LogP contribution in [0.4, 0.5) is 0 Å². The van der Waals surface area contributed by atoms with E-state index in [1.807, 2.05) is 0 Å². The topological polar surface area (TPSA) is 84.1 Å². The van der Waals surface area contributed by atoms with Gasteiger partial charge >= 0.3 is 0 Å². The molecule has 122 valence electrons. The summed E-state index contributed by atoms with van der Waals surface area (Å²) in [7, 11) is 0. The van der Waals surface area contributed by atoms with Gasteiger partial charge in [0.2, 0.25) is 0 Å². The lowest BCUT2D eigenvalue weighted by molar-refractivity contribution is 0.509. The number of hydrogen-bond donors (Lipinski definition) is 2. The first kappa shape index (κ1) is 16.3. The minimum absolute atomic E-state index is 0.0285. The fourth-order valence-electron chi connectivity index (χ4n) is 2.80. The van der Waals surface area contributed by atoms with E-state index < -0.39 is 0 Å². The molecule has 0 saturated carbocycles. The summed E-state index contributed by atoms with van der Waals surface area (Å²) in [5, 5.41) is 1.27. The summed E-state index contributed by atoms with van der Waals surface area (Å²) in [6, 6.07) is 0. The molecule has 0 radical (unpaired) electrons. The number of hydrogen-bond acceptors (Lipinski definition) is 5. The predicted octanol–water partition coefficient (Wildman–Crippen LogP) is 2.84. The van der Waals surface area contributed by atoms with Crippen LogP contribution >= 0.6 is 23.1 Å². The molecule has 2 aromatic rings. The maximum Gasteiger partial charge on any atom is 0.259 e. The number of rotatable bonds is 4. The third-order valence-electron chi connectivity index (χ3n) is 3.95. The fourth-order valence-corrected chi connectivity index (χ4v) is 4.79. The van der Waals surface area contributed by atoms with Crippen LogP contribution in [-0.4, -0.2) is 21.7 Å².